The van der Waals surface area contributed by atoms with Gasteiger partial charge in [-0.3, -0.25) is 9.97 Å². The summed E-state index contributed by atoms with van der Waals surface area (Å²) < 4.78 is 6.46. The van der Waals surface area contributed by atoms with Crippen molar-refractivity contribution in [3.63, 3.8) is 0 Å². The molecule has 1 aliphatic rings. The first-order valence-corrected chi connectivity index (χ1v) is 13.3. The van der Waals surface area contributed by atoms with Crippen LogP contribution in [0.5, 0.6) is 0 Å². The first-order valence-electron chi connectivity index (χ1n) is 13.3. The molecule has 0 saturated carbocycles. The van der Waals surface area contributed by atoms with Crippen molar-refractivity contribution < 1.29 is 4.42 Å². The number of benzene rings is 3. The van der Waals surface area contributed by atoms with Crippen molar-refractivity contribution in [1.82, 2.24) is 24.9 Å². The van der Waals surface area contributed by atoms with Gasteiger partial charge in [0.2, 0.25) is 0 Å². The van der Waals surface area contributed by atoms with Crippen LogP contribution in [0.2, 0.25) is 0 Å². The second-order valence-electron chi connectivity index (χ2n) is 10.6. The first kappa shape index (κ1) is 22.7. The average molecular weight is 518 g/mol. The predicted molar refractivity (Wildman–Crippen MR) is 157 cm³/mol. The molecule has 0 spiro atoms. The second kappa shape index (κ2) is 8.38. The molecule has 0 aliphatic heterocycles. The minimum absolute atomic E-state index is 0.0712. The Morgan fingerprint density at radius 1 is 0.550 bits per heavy atom. The van der Waals surface area contributed by atoms with Crippen molar-refractivity contribution in [3.05, 3.63) is 115 Å². The Kier molecular flexibility index (Phi) is 4.76. The highest BCUT2D eigenvalue weighted by Crippen LogP contribution is 2.50. The van der Waals surface area contributed by atoms with Crippen LogP contribution in [0, 0.1) is 0 Å². The van der Waals surface area contributed by atoms with Crippen molar-refractivity contribution in [1.29, 1.82) is 0 Å². The Bertz CT molecular complexity index is 2020. The van der Waals surface area contributed by atoms with Crippen LogP contribution in [-0.4, -0.2) is 24.9 Å². The molecule has 6 heteroatoms. The minimum atomic E-state index is -0.0712. The van der Waals surface area contributed by atoms with Crippen molar-refractivity contribution in [3.8, 4) is 45.6 Å². The summed E-state index contributed by atoms with van der Waals surface area (Å²) in [4.78, 5) is 23.2. The van der Waals surface area contributed by atoms with Crippen molar-refractivity contribution >= 4 is 21.9 Å². The Balaban J connectivity index is 1.30. The Labute approximate surface area is 230 Å². The molecule has 0 saturated heterocycles. The highest BCUT2D eigenvalue weighted by atomic mass is 16.3. The molecular formula is C34H23N5O. The summed E-state index contributed by atoms with van der Waals surface area (Å²) in [6.45, 7) is 4.59. The lowest BCUT2D eigenvalue weighted by molar-refractivity contribution is 0.658. The van der Waals surface area contributed by atoms with Gasteiger partial charge in [0.05, 0.1) is 0 Å². The number of hydrogen-bond acceptors (Lipinski definition) is 6. The Morgan fingerprint density at radius 3 is 1.90 bits per heavy atom. The molecule has 0 radical (unpaired) electrons. The molecule has 0 N–H and O–H groups in total. The van der Waals surface area contributed by atoms with Gasteiger partial charge in [-0.1, -0.05) is 56.3 Å². The average Bonchev–Trinajstić information content (AvgIpc) is 3.48. The van der Waals surface area contributed by atoms with E-state index in [1.165, 1.54) is 22.3 Å². The number of pyridine rings is 2. The zero-order valence-corrected chi connectivity index (χ0v) is 22.0. The smallest absolute Gasteiger partial charge is 0.182 e. The summed E-state index contributed by atoms with van der Waals surface area (Å²) in [6.07, 6.45) is 3.47. The molecule has 40 heavy (non-hydrogen) atoms. The maximum Gasteiger partial charge on any atom is 0.182 e. The fourth-order valence-electron chi connectivity index (χ4n) is 5.83. The molecule has 0 atom stereocenters. The molecule has 1 aliphatic carbocycles. The fraction of sp³-hybridized carbons (Fsp3) is 0.0882. The maximum absolute atomic E-state index is 6.46. The first-order chi connectivity index (χ1) is 19.6. The number of nitrogens with zero attached hydrogens (tertiary/aromatic N) is 5. The largest absolute Gasteiger partial charge is 0.456 e. The third-order valence-corrected chi connectivity index (χ3v) is 7.86. The van der Waals surface area contributed by atoms with E-state index in [1.807, 2.05) is 48.5 Å². The quantitative estimate of drug-likeness (QED) is 0.237. The van der Waals surface area contributed by atoms with E-state index in [0.717, 1.165) is 27.5 Å². The summed E-state index contributed by atoms with van der Waals surface area (Å²) in [5, 5.41) is 2.18. The SMILES string of the molecule is CC1(C)c2ccccc2-c2cc3oc4cc(-c5nc(-c6ccccn6)nc(-c6ccccn6)n5)ccc4c3cc21. The van der Waals surface area contributed by atoms with Crippen LogP contribution < -0.4 is 0 Å². The Morgan fingerprint density at radius 2 is 1.20 bits per heavy atom. The molecule has 7 aromatic rings. The molecule has 0 amide bonds. The van der Waals surface area contributed by atoms with Crippen molar-refractivity contribution in [2.45, 2.75) is 19.3 Å². The van der Waals surface area contributed by atoms with Gasteiger partial charge in [-0.15, -0.1) is 0 Å². The van der Waals surface area contributed by atoms with E-state index >= 15 is 0 Å². The number of fused-ring (bicyclic) bond motifs is 6. The molecule has 190 valence electrons. The lowest BCUT2D eigenvalue weighted by Crippen LogP contribution is -2.14. The molecule has 0 fully saturated rings. The molecule has 4 heterocycles. The summed E-state index contributed by atoms with van der Waals surface area (Å²) in [6, 6.07) is 30.7. The molecule has 6 nitrogen and oxygen atoms in total. The van der Waals surface area contributed by atoms with Crippen LogP contribution in [0.1, 0.15) is 25.0 Å². The third-order valence-electron chi connectivity index (χ3n) is 7.86. The number of furan rings is 1. The van der Waals surface area contributed by atoms with E-state index in [0.29, 0.717) is 28.9 Å². The Hall–Kier alpha value is -5.23. The number of rotatable bonds is 3. The minimum Gasteiger partial charge on any atom is -0.456 e. The highest BCUT2D eigenvalue weighted by molar-refractivity contribution is 6.08. The highest BCUT2D eigenvalue weighted by Gasteiger charge is 2.36. The van der Waals surface area contributed by atoms with Gasteiger partial charge in [-0.05, 0) is 70.8 Å². The van der Waals surface area contributed by atoms with Crippen LogP contribution >= 0.6 is 0 Å². The molecule has 0 unspecified atom stereocenters. The fourth-order valence-corrected chi connectivity index (χ4v) is 5.83. The van der Waals surface area contributed by atoms with Gasteiger partial charge in [0.1, 0.15) is 22.6 Å². The summed E-state index contributed by atoms with van der Waals surface area (Å²) in [7, 11) is 0. The van der Waals surface area contributed by atoms with Gasteiger partial charge in [0.25, 0.3) is 0 Å². The van der Waals surface area contributed by atoms with E-state index in [9.17, 15) is 0 Å². The van der Waals surface area contributed by atoms with Crippen molar-refractivity contribution in [2.75, 3.05) is 0 Å². The monoisotopic (exact) mass is 517 g/mol. The van der Waals surface area contributed by atoms with E-state index in [1.54, 1.807) is 12.4 Å². The summed E-state index contributed by atoms with van der Waals surface area (Å²) >= 11 is 0. The van der Waals surface area contributed by atoms with Gasteiger partial charge in [0.15, 0.2) is 17.5 Å². The van der Waals surface area contributed by atoms with Gasteiger partial charge >= 0.3 is 0 Å². The summed E-state index contributed by atoms with van der Waals surface area (Å²) in [5.74, 6) is 1.53. The van der Waals surface area contributed by atoms with Crippen LogP contribution in [0.3, 0.4) is 0 Å². The molecule has 0 bridgehead atoms. The topological polar surface area (TPSA) is 77.6 Å². The van der Waals surface area contributed by atoms with Gasteiger partial charge < -0.3 is 4.42 Å². The van der Waals surface area contributed by atoms with Gasteiger partial charge in [-0.25, -0.2) is 15.0 Å². The molecule has 4 aromatic heterocycles. The standard InChI is InChI=1S/C34H23N5O/c1-34(2)25-10-4-3-9-21(25)23-19-30-24(18-26(23)34)22-14-13-20(17-29(22)40-30)31-37-32(27-11-5-7-15-35-27)39-33(38-31)28-12-6-8-16-36-28/h3-19H,1-2H3. The van der Waals surface area contributed by atoms with E-state index in [2.05, 4.69) is 66.3 Å². The van der Waals surface area contributed by atoms with Crippen molar-refractivity contribution in [2.24, 2.45) is 0 Å². The molecule has 3 aromatic carbocycles. The molecular weight excluding hydrogens is 494 g/mol. The normalized spacial score (nSPS) is 13.4. The second-order valence-corrected chi connectivity index (χ2v) is 10.6. The van der Waals surface area contributed by atoms with E-state index in [-0.39, 0.29) is 5.41 Å². The van der Waals surface area contributed by atoms with Gasteiger partial charge in [-0.2, -0.15) is 0 Å². The zero-order chi connectivity index (χ0) is 26.8. The predicted octanol–water partition coefficient (Wildman–Crippen LogP) is 7.87. The van der Waals surface area contributed by atoms with E-state index < -0.39 is 0 Å². The van der Waals surface area contributed by atoms with Crippen LogP contribution in [0.4, 0.5) is 0 Å². The zero-order valence-electron chi connectivity index (χ0n) is 22.0. The maximum atomic E-state index is 6.46. The number of hydrogen-bond donors (Lipinski definition) is 0. The van der Waals surface area contributed by atoms with Crippen LogP contribution in [0.15, 0.2) is 108 Å². The lowest BCUT2D eigenvalue weighted by Gasteiger charge is -2.21. The van der Waals surface area contributed by atoms with Crippen LogP contribution in [0.25, 0.3) is 67.5 Å². The summed E-state index contributed by atoms with van der Waals surface area (Å²) in [5.41, 5.74) is 8.97. The van der Waals surface area contributed by atoms with E-state index in [4.69, 9.17) is 19.4 Å². The van der Waals surface area contributed by atoms with Crippen LogP contribution in [-0.2, 0) is 5.41 Å². The lowest BCUT2D eigenvalue weighted by atomic mass is 9.82. The third kappa shape index (κ3) is 3.39. The number of aromatic nitrogens is 5. The van der Waals surface area contributed by atoms with Gasteiger partial charge in [0, 0.05) is 34.1 Å². The molecule has 8 rings (SSSR count).